The van der Waals surface area contributed by atoms with E-state index >= 15 is 0 Å². The van der Waals surface area contributed by atoms with Crippen LogP contribution in [-0.2, 0) is 0 Å². The Labute approximate surface area is 414 Å². The molecule has 0 amide bonds. The van der Waals surface area contributed by atoms with Crippen molar-refractivity contribution in [2.45, 2.75) is 0 Å². The number of anilines is 6. The molecule has 3 nitrogen and oxygen atoms in total. The minimum absolute atomic E-state index is 0.0897. The van der Waals surface area contributed by atoms with Crippen LogP contribution >= 0.6 is 0 Å². The first-order valence-corrected chi connectivity index (χ1v) is 24.5. The van der Waals surface area contributed by atoms with Crippen molar-refractivity contribution in [1.29, 1.82) is 0 Å². The molecule has 0 aliphatic carbocycles. The highest BCUT2D eigenvalue weighted by Gasteiger charge is 2.45. The Balaban J connectivity index is 1.10. The lowest BCUT2D eigenvalue weighted by atomic mass is 9.32. The summed E-state index contributed by atoms with van der Waals surface area (Å²) >= 11 is 0. The summed E-state index contributed by atoms with van der Waals surface area (Å²) in [6.45, 7) is -0.0897. The van der Waals surface area contributed by atoms with Crippen molar-refractivity contribution in [2.24, 2.45) is 0 Å². The van der Waals surface area contributed by atoms with E-state index in [1.807, 2.05) is 0 Å². The molecule has 14 rings (SSSR count). The largest absolute Gasteiger partial charge is 0.311 e. The van der Waals surface area contributed by atoms with E-state index in [1.54, 1.807) is 0 Å². The van der Waals surface area contributed by atoms with Crippen LogP contribution in [0.5, 0.6) is 0 Å². The molecular formula is C67H44BN3. The maximum Gasteiger partial charge on any atom is 0.253 e. The van der Waals surface area contributed by atoms with Gasteiger partial charge in [0.05, 0.1) is 11.4 Å². The van der Waals surface area contributed by atoms with Gasteiger partial charge in [-0.05, 0) is 132 Å². The third kappa shape index (κ3) is 6.87. The minimum atomic E-state index is -0.0897. The van der Waals surface area contributed by atoms with E-state index in [9.17, 15) is 0 Å². The molecule has 2 aliphatic heterocycles. The predicted octanol–water partition coefficient (Wildman–Crippen LogP) is 15.8. The molecule has 0 bridgehead atoms. The molecule has 0 fully saturated rings. The van der Waals surface area contributed by atoms with Crippen LogP contribution in [0.2, 0.25) is 0 Å². The van der Waals surface area contributed by atoms with Gasteiger partial charge < -0.3 is 9.80 Å². The summed E-state index contributed by atoms with van der Waals surface area (Å²) in [6, 6.07) is 97.6. The fraction of sp³-hybridized carbons (Fsp3) is 0. The van der Waals surface area contributed by atoms with Crippen molar-refractivity contribution >= 4 is 78.8 Å². The number of hydrogen-bond acceptors (Lipinski definition) is 3. The lowest BCUT2D eigenvalue weighted by molar-refractivity contribution is 1.26. The lowest BCUT2D eigenvalue weighted by Gasteiger charge is -2.45. The summed E-state index contributed by atoms with van der Waals surface area (Å²) in [6.07, 6.45) is 0. The van der Waals surface area contributed by atoms with E-state index in [-0.39, 0.29) is 6.71 Å². The molecule has 330 valence electrons. The first-order valence-electron chi connectivity index (χ1n) is 24.5. The van der Waals surface area contributed by atoms with Gasteiger partial charge in [-0.2, -0.15) is 0 Å². The SMILES string of the molecule is c1ccc(-c2ccc(N3c4cc(-c5cc(-c6ccccc6)nc(-c6ccccc6)c5)cc5c4B(c4c3ccc3ccccc43)c3c(ccc4ccccc34)N5c3ccc(-c4ccccc4)cc3)cc2)cc1. The molecule has 11 aromatic carbocycles. The number of pyridine rings is 1. The van der Waals surface area contributed by atoms with Gasteiger partial charge in [0.25, 0.3) is 6.71 Å². The van der Waals surface area contributed by atoms with E-state index in [1.165, 1.54) is 71.6 Å². The second kappa shape index (κ2) is 16.8. The number of nitrogens with zero attached hydrogens (tertiary/aromatic N) is 3. The third-order valence-corrected chi connectivity index (χ3v) is 14.6. The highest BCUT2D eigenvalue weighted by atomic mass is 15.2. The average Bonchev–Trinajstić information content (AvgIpc) is 3.45. The van der Waals surface area contributed by atoms with Crippen LogP contribution in [0.4, 0.5) is 34.1 Å². The molecule has 3 heterocycles. The number of hydrogen-bond donors (Lipinski definition) is 0. The molecule has 4 heteroatoms. The Morgan fingerprint density at radius 1 is 0.254 bits per heavy atom. The number of aromatic nitrogens is 1. The fourth-order valence-corrected chi connectivity index (χ4v) is 11.3. The van der Waals surface area contributed by atoms with Crippen molar-refractivity contribution in [3.05, 3.63) is 267 Å². The van der Waals surface area contributed by atoms with Crippen molar-refractivity contribution in [3.63, 3.8) is 0 Å². The van der Waals surface area contributed by atoms with Crippen molar-refractivity contribution < 1.29 is 0 Å². The zero-order valence-electron chi connectivity index (χ0n) is 38.8. The standard InChI is InChI=1S/C67H44BN3/c1-5-17-45(18-6-1)47-29-35-55(36-30-47)70-61-39-33-49-21-13-15-27-57(49)65(61)68-66-58-28-16-14-22-50(58)34-40-62(66)71(56-37-31-48(32-38-56)46-19-7-2-8-20-46)64-44-54(43-63(70)67(64)68)53-41-59(51-23-9-3-10-24-51)69-60(42-53)52-25-11-4-12-26-52/h1-44H. The van der Waals surface area contributed by atoms with Crippen LogP contribution in [0.15, 0.2) is 267 Å². The predicted molar refractivity (Wildman–Crippen MR) is 300 cm³/mol. The second-order valence-electron chi connectivity index (χ2n) is 18.7. The average molecular weight is 902 g/mol. The third-order valence-electron chi connectivity index (χ3n) is 14.6. The van der Waals surface area contributed by atoms with E-state index in [4.69, 9.17) is 4.98 Å². The van der Waals surface area contributed by atoms with Gasteiger partial charge in [0.15, 0.2) is 0 Å². The summed E-state index contributed by atoms with van der Waals surface area (Å²) in [5.41, 5.74) is 21.8. The summed E-state index contributed by atoms with van der Waals surface area (Å²) in [7, 11) is 0. The maximum atomic E-state index is 5.34. The number of rotatable bonds is 7. The number of fused-ring (bicyclic) bond motifs is 8. The Hall–Kier alpha value is -9.25. The van der Waals surface area contributed by atoms with E-state index in [0.29, 0.717) is 0 Å². The first kappa shape index (κ1) is 40.8. The van der Waals surface area contributed by atoms with Gasteiger partial charge in [-0.3, -0.25) is 0 Å². The highest BCUT2D eigenvalue weighted by molar-refractivity contribution is 7.03. The molecule has 0 radical (unpaired) electrons. The second-order valence-corrected chi connectivity index (χ2v) is 18.7. The molecule has 0 saturated heterocycles. The molecular weight excluding hydrogens is 858 g/mol. The van der Waals surface area contributed by atoms with Crippen LogP contribution in [0.3, 0.4) is 0 Å². The molecule has 12 aromatic rings. The molecule has 71 heavy (non-hydrogen) atoms. The summed E-state index contributed by atoms with van der Waals surface area (Å²) in [4.78, 5) is 10.4. The fourth-order valence-electron chi connectivity index (χ4n) is 11.3. The lowest BCUT2D eigenvalue weighted by Crippen LogP contribution is -2.61. The van der Waals surface area contributed by atoms with E-state index in [0.717, 1.165) is 56.4 Å². The van der Waals surface area contributed by atoms with Gasteiger partial charge in [0.1, 0.15) is 0 Å². The Morgan fingerprint density at radius 3 is 1.03 bits per heavy atom. The first-order chi connectivity index (χ1) is 35.2. The van der Waals surface area contributed by atoms with Crippen LogP contribution in [-0.4, -0.2) is 11.7 Å². The van der Waals surface area contributed by atoms with Gasteiger partial charge in [-0.1, -0.05) is 206 Å². The Kier molecular flexibility index (Phi) is 9.63. The van der Waals surface area contributed by atoms with Crippen molar-refractivity contribution in [2.75, 3.05) is 9.80 Å². The zero-order chi connectivity index (χ0) is 46.8. The van der Waals surface area contributed by atoms with Gasteiger partial charge in [-0.25, -0.2) is 4.98 Å². The molecule has 0 unspecified atom stereocenters. The monoisotopic (exact) mass is 901 g/mol. The molecule has 0 N–H and O–H groups in total. The van der Waals surface area contributed by atoms with Gasteiger partial charge in [0, 0.05) is 45.3 Å². The molecule has 1 aromatic heterocycles. The number of benzene rings is 11. The van der Waals surface area contributed by atoms with Crippen LogP contribution < -0.4 is 26.2 Å². The normalized spacial score (nSPS) is 12.4. The topological polar surface area (TPSA) is 19.4 Å². The Bertz CT molecular complexity index is 3720. The summed E-state index contributed by atoms with van der Waals surface area (Å²) in [5, 5.41) is 4.98. The van der Waals surface area contributed by atoms with Crippen LogP contribution in [0.25, 0.3) is 77.4 Å². The van der Waals surface area contributed by atoms with Crippen molar-refractivity contribution in [3.8, 4) is 55.9 Å². The van der Waals surface area contributed by atoms with Gasteiger partial charge in [0.2, 0.25) is 0 Å². The minimum Gasteiger partial charge on any atom is -0.311 e. The molecule has 0 saturated carbocycles. The highest BCUT2D eigenvalue weighted by Crippen LogP contribution is 2.48. The maximum absolute atomic E-state index is 5.34. The Morgan fingerprint density at radius 2 is 0.606 bits per heavy atom. The van der Waals surface area contributed by atoms with E-state index < -0.39 is 0 Å². The summed E-state index contributed by atoms with van der Waals surface area (Å²) < 4.78 is 0. The molecule has 0 spiro atoms. The summed E-state index contributed by atoms with van der Waals surface area (Å²) in [5.74, 6) is 0. The van der Waals surface area contributed by atoms with Crippen molar-refractivity contribution in [1.82, 2.24) is 4.98 Å². The van der Waals surface area contributed by atoms with Gasteiger partial charge >= 0.3 is 0 Å². The van der Waals surface area contributed by atoms with E-state index in [2.05, 4.69) is 277 Å². The zero-order valence-corrected chi connectivity index (χ0v) is 38.8. The molecule has 0 atom stereocenters. The smallest absolute Gasteiger partial charge is 0.253 e. The quantitative estimate of drug-likeness (QED) is 0.149. The van der Waals surface area contributed by atoms with Crippen LogP contribution in [0, 0.1) is 0 Å². The van der Waals surface area contributed by atoms with Gasteiger partial charge in [-0.15, -0.1) is 0 Å². The van der Waals surface area contributed by atoms with Crippen LogP contribution in [0.1, 0.15) is 0 Å². The molecule has 2 aliphatic rings.